The highest BCUT2D eigenvalue weighted by atomic mass is 32.2. The van der Waals surface area contributed by atoms with Gasteiger partial charge in [0.25, 0.3) is 0 Å². The monoisotopic (exact) mass is 425 g/mol. The quantitative estimate of drug-likeness (QED) is 0.279. The van der Waals surface area contributed by atoms with E-state index in [4.69, 9.17) is 4.74 Å². The van der Waals surface area contributed by atoms with Crippen LogP contribution in [0.1, 0.15) is 17.3 Å². The third-order valence-electron chi connectivity index (χ3n) is 4.29. The Balaban J connectivity index is 1.42. The van der Waals surface area contributed by atoms with Crippen LogP contribution in [0.5, 0.6) is 0 Å². The molecule has 3 rings (SSSR count). The summed E-state index contributed by atoms with van der Waals surface area (Å²) in [5, 5.41) is 11.1. The molecule has 1 unspecified atom stereocenters. The predicted octanol–water partition coefficient (Wildman–Crippen LogP) is 2.93. The van der Waals surface area contributed by atoms with Crippen LogP contribution >= 0.6 is 34.4 Å². The van der Waals surface area contributed by atoms with Crippen LogP contribution in [0.2, 0.25) is 0 Å². The number of nitrogens with one attached hydrogen (secondary N) is 2. The van der Waals surface area contributed by atoms with Crippen LogP contribution in [-0.4, -0.2) is 68.0 Å². The number of ether oxygens (including phenoxy) is 1. The van der Waals surface area contributed by atoms with Gasteiger partial charge in [-0.15, -0.1) is 22.7 Å². The summed E-state index contributed by atoms with van der Waals surface area (Å²) >= 11 is 5.33. The normalized spacial score (nSPS) is 17.0. The van der Waals surface area contributed by atoms with E-state index in [-0.39, 0.29) is 0 Å². The maximum absolute atomic E-state index is 5.52. The first-order valence-corrected chi connectivity index (χ1v) is 11.9. The number of thiazole rings is 1. The summed E-state index contributed by atoms with van der Waals surface area (Å²) in [7, 11) is 1.83. The van der Waals surface area contributed by atoms with Crippen molar-refractivity contribution in [2.45, 2.75) is 16.8 Å². The zero-order chi connectivity index (χ0) is 18.7. The Bertz CT molecular complexity index is 657. The van der Waals surface area contributed by atoms with Gasteiger partial charge in [0.15, 0.2) is 5.96 Å². The summed E-state index contributed by atoms with van der Waals surface area (Å²) < 4.78 is 6.66. The molecular weight excluding hydrogens is 398 g/mol. The van der Waals surface area contributed by atoms with E-state index in [1.807, 2.05) is 41.7 Å². The Morgan fingerprint density at radius 1 is 1.33 bits per heavy atom. The molecule has 2 aromatic heterocycles. The lowest BCUT2D eigenvalue weighted by Crippen LogP contribution is -2.46. The molecule has 0 saturated carbocycles. The fourth-order valence-corrected chi connectivity index (χ4v) is 5.42. The average Bonchev–Trinajstić information content (AvgIpc) is 3.41. The number of morpholine rings is 1. The highest BCUT2D eigenvalue weighted by molar-refractivity contribution is 8.00. The number of aliphatic imine (C=N–C) groups is 1. The van der Waals surface area contributed by atoms with Crippen molar-refractivity contribution in [3.8, 4) is 0 Å². The van der Waals surface area contributed by atoms with Crippen molar-refractivity contribution in [3.05, 3.63) is 34.0 Å². The Morgan fingerprint density at radius 2 is 2.22 bits per heavy atom. The number of nitrogens with zero attached hydrogens (tertiary/aromatic N) is 3. The van der Waals surface area contributed by atoms with Gasteiger partial charge in [0.1, 0.15) is 4.34 Å². The van der Waals surface area contributed by atoms with Gasteiger partial charge >= 0.3 is 0 Å². The third kappa shape index (κ3) is 6.76. The molecular formula is C18H27N5OS3. The largest absolute Gasteiger partial charge is 0.379 e. The van der Waals surface area contributed by atoms with Crippen molar-refractivity contribution in [1.29, 1.82) is 0 Å². The average molecular weight is 426 g/mol. The Kier molecular flexibility index (Phi) is 8.89. The topological polar surface area (TPSA) is 61.8 Å². The van der Waals surface area contributed by atoms with E-state index >= 15 is 0 Å². The van der Waals surface area contributed by atoms with Crippen LogP contribution in [-0.2, 0) is 4.74 Å². The molecule has 6 nitrogen and oxygen atoms in total. The molecule has 0 bridgehead atoms. The molecule has 1 saturated heterocycles. The van der Waals surface area contributed by atoms with Crippen LogP contribution in [0, 0.1) is 0 Å². The summed E-state index contributed by atoms with van der Waals surface area (Å²) in [6.45, 7) is 5.32. The van der Waals surface area contributed by atoms with Crippen molar-refractivity contribution < 1.29 is 4.74 Å². The number of hydrogen-bond donors (Lipinski definition) is 2. The van der Waals surface area contributed by atoms with Gasteiger partial charge in [-0.25, -0.2) is 4.98 Å². The third-order valence-corrected chi connectivity index (χ3v) is 7.32. The van der Waals surface area contributed by atoms with E-state index in [1.165, 1.54) is 4.88 Å². The fourth-order valence-electron chi connectivity index (χ4n) is 2.91. The lowest BCUT2D eigenvalue weighted by Gasteiger charge is -2.34. The van der Waals surface area contributed by atoms with E-state index in [0.717, 1.165) is 61.9 Å². The van der Waals surface area contributed by atoms with E-state index < -0.39 is 0 Å². The summed E-state index contributed by atoms with van der Waals surface area (Å²) in [6, 6.07) is 4.70. The summed E-state index contributed by atoms with van der Waals surface area (Å²) in [6.07, 6.45) is 2.93. The molecule has 0 spiro atoms. The maximum atomic E-state index is 5.52. The van der Waals surface area contributed by atoms with Gasteiger partial charge in [0.2, 0.25) is 0 Å². The molecule has 2 N–H and O–H groups in total. The fraction of sp³-hybridized carbons (Fsp3) is 0.556. The van der Waals surface area contributed by atoms with Gasteiger partial charge in [-0.2, -0.15) is 0 Å². The molecule has 1 aliphatic heterocycles. The number of rotatable bonds is 9. The van der Waals surface area contributed by atoms with Crippen LogP contribution in [0.15, 0.2) is 38.4 Å². The van der Waals surface area contributed by atoms with E-state index in [0.29, 0.717) is 6.04 Å². The number of thioether (sulfide) groups is 1. The Morgan fingerprint density at radius 3 is 2.93 bits per heavy atom. The van der Waals surface area contributed by atoms with Gasteiger partial charge in [-0.1, -0.05) is 17.8 Å². The molecule has 1 fully saturated rings. The number of aromatic nitrogens is 1. The highest BCUT2D eigenvalue weighted by Gasteiger charge is 2.23. The number of thiophene rings is 1. The van der Waals surface area contributed by atoms with Crippen molar-refractivity contribution in [1.82, 2.24) is 20.5 Å². The van der Waals surface area contributed by atoms with E-state index in [2.05, 4.69) is 43.0 Å². The molecule has 0 radical (unpaired) electrons. The molecule has 0 aliphatic carbocycles. The van der Waals surface area contributed by atoms with E-state index in [1.54, 1.807) is 11.3 Å². The van der Waals surface area contributed by atoms with Gasteiger partial charge in [0.05, 0.1) is 19.3 Å². The van der Waals surface area contributed by atoms with Crippen molar-refractivity contribution >= 4 is 40.4 Å². The minimum Gasteiger partial charge on any atom is -0.379 e. The van der Waals surface area contributed by atoms with Gasteiger partial charge < -0.3 is 15.4 Å². The summed E-state index contributed by atoms with van der Waals surface area (Å²) in [5.41, 5.74) is 0. The molecule has 3 heterocycles. The SMILES string of the molecule is CN=C(NCCCSc1nccs1)NCC(c1cccs1)N1CCOCC1. The smallest absolute Gasteiger partial charge is 0.191 e. The zero-order valence-corrected chi connectivity index (χ0v) is 18.0. The van der Waals surface area contributed by atoms with Crippen LogP contribution in [0.3, 0.4) is 0 Å². The van der Waals surface area contributed by atoms with E-state index in [9.17, 15) is 0 Å². The van der Waals surface area contributed by atoms with Crippen LogP contribution in [0.4, 0.5) is 0 Å². The lowest BCUT2D eigenvalue weighted by atomic mass is 10.2. The molecule has 1 aliphatic rings. The molecule has 2 aromatic rings. The molecule has 0 amide bonds. The molecule has 0 aromatic carbocycles. The number of hydrogen-bond acceptors (Lipinski definition) is 7. The second-order valence-electron chi connectivity index (χ2n) is 6.06. The van der Waals surface area contributed by atoms with Crippen LogP contribution < -0.4 is 10.6 Å². The maximum Gasteiger partial charge on any atom is 0.191 e. The Hall–Kier alpha value is -1.13. The predicted molar refractivity (Wildman–Crippen MR) is 116 cm³/mol. The van der Waals surface area contributed by atoms with Crippen molar-refractivity contribution in [2.24, 2.45) is 4.99 Å². The first-order chi connectivity index (χ1) is 13.4. The van der Waals surface area contributed by atoms with Crippen molar-refractivity contribution in [2.75, 3.05) is 52.2 Å². The minimum absolute atomic E-state index is 0.355. The Labute approximate surface area is 173 Å². The summed E-state index contributed by atoms with van der Waals surface area (Å²) in [4.78, 5) is 12.6. The summed E-state index contributed by atoms with van der Waals surface area (Å²) in [5.74, 6) is 1.92. The first-order valence-electron chi connectivity index (χ1n) is 9.19. The van der Waals surface area contributed by atoms with Gasteiger partial charge in [0, 0.05) is 55.4 Å². The second kappa shape index (κ2) is 11.7. The molecule has 148 valence electrons. The molecule has 9 heteroatoms. The van der Waals surface area contributed by atoms with Gasteiger partial charge in [-0.3, -0.25) is 9.89 Å². The highest BCUT2D eigenvalue weighted by Crippen LogP contribution is 2.25. The standard InChI is InChI=1S/C18H27N5OS3/c1-19-17(20-5-3-12-26-18-21-6-13-27-18)22-14-15(16-4-2-11-25-16)23-7-9-24-10-8-23/h2,4,6,11,13,15H,3,5,7-10,12,14H2,1H3,(H2,19,20,22). The first kappa shape index (κ1) is 20.6. The molecule has 27 heavy (non-hydrogen) atoms. The van der Waals surface area contributed by atoms with Gasteiger partial charge in [-0.05, 0) is 17.9 Å². The lowest BCUT2D eigenvalue weighted by molar-refractivity contribution is 0.0177. The zero-order valence-electron chi connectivity index (χ0n) is 15.6. The number of guanidine groups is 1. The van der Waals surface area contributed by atoms with Crippen molar-refractivity contribution in [3.63, 3.8) is 0 Å². The molecule has 1 atom stereocenters. The second-order valence-corrected chi connectivity index (χ2v) is 9.28. The minimum atomic E-state index is 0.355. The van der Waals surface area contributed by atoms with Crippen LogP contribution in [0.25, 0.3) is 0 Å².